The lowest BCUT2D eigenvalue weighted by atomic mass is 9.90. The molecule has 0 aromatic rings. The Morgan fingerprint density at radius 2 is 1.87 bits per heavy atom. The van der Waals surface area contributed by atoms with Gasteiger partial charge in [-0.25, -0.2) is 4.79 Å². The molecule has 4 nitrogen and oxygen atoms in total. The van der Waals surface area contributed by atoms with E-state index in [2.05, 4.69) is 0 Å². The summed E-state index contributed by atoms with van der Waals surface area (Å²) in [6, 6.07) is 0. The molecule has 0 fully saturated rings. The van der Waals surface area contributed by atoms with Gasteiger partial charge >= 0.3 is 5.97 Å². The number of hydrogen-bond acceptors (Lipinski definition) is 2. The van der Waals surface area contributed by atoms with E-state index < -0.39 is 11.5 Å². The van der Waals surface area contributed by atoms with Crippen molar-refractivity contribution in [2.45, 2.75) is 46.1 Å². The molecule has 0 saturated heterocycles. The largest absolute Gasteiger partial charge is 0.480 e. The van der Waals surface area contributed by atoms with Crippen molar-refractivity contribution in [1.82, 2.24) is 4.90 Å². The molecule has 0 aliphatic carbocycles. The first-order chi connectivity index (χ1) is 6.71. The van der Waals surface area contributed by atoms with Crippen molar-refractivity contribution < 1.29 is 14.7 Å². The zero-order chi connectivity index (χ0) is 12.2. The van der Waals surface area contributed by atoms with Gasteiger partial charge in [-0.2, -0.15) is 0 Å². The predicted molar refractivity (Wildman–Crippen MR) is 58.6 cm³/mol. The fourth-order valence-electron chi connectivity index (χ4n) is 1.34. The molecule has 0 aliphatic heterocycles. The van der Waals surface area contributed by atoms with Crippen LogP contribution in [0.15, 0.2) is 0 Å². The summed E-state index contributed by atoms with van der Waals surface area (Å²) in [7, 11) is 1.54. The fourth-order valence-corrected chi connectivity index (χ4v) is 1.34. The van der Waals surface area contributed by atoms with E-state index in [1.807, 2.05) is 13.8 Å². The molecule has 4 heteroatoms. The summed E-state index contributed by atoms with van der Waals surface area (Å²) < 4.78 is 0. The van der Waals surface area contributed by atoms with Gasteiger partial charge in [-0.05, 0) is 25.7 Å². The molecule has 0 heterocycles. The number of nitrogens with zero attached hydrogens (tertiary/aromatic N) is 1. The number of rotatable bonds is 5. The highest BCUT2D eigenvalue weighted by Gasteiger charge is 2.38. The van der Waals surface area contributed by atoms with Gasteiger partial charge in [0.05, 0.1) is 0 Å². The number of carbonyl (C=O) groups excluding carboxylic acids is 1. The molecule has 1 unspecified atom stereocenters. The number of likely N-dealkylation sites (N-methyl/N-ethyl adjacent to an activating group) is 1. The first kappa shape index (κ1) is 13.9. The quantitative estimate of drug-likeness (QED) is 0.760. The summed E-state index contributed by atoms with van der Waals surface area (Å²) in [6.07, 6.45) is 1.27. The van der Waals surface area contributed by atoms with Gasteiger partial charge in [-0.15, -0.1) is 0 Å². The van der Waals surface area contributed by atoms with Gasteiger partial charge in [0.15, 0.2) is 0 Å². The smallest absolute Gasteiger partial charge is 0.329 e. The van der Waals surface area contributed by atoms with Crippen LogP contribution in [0.2, 0.25) is 0 Å². The maximum atomic E-state index is 11.2. The first-order valence-corrected chi connectivity index (χ1v) is 5.19. The zero-order valence-corrected chi connectivity index (χ0v) is 10.2. The van der Waals surface area contributed by atoms with E-state index in [1.165, 1.54) is 18.9 Å². The lowest BCUT2D eigenvalue weighted by Crippen LogP contribution is -2.52. The Bertz CT molecular complexity index is 250. The summed E-state index contributed by atoms with van der Waals surface area (Å²) in [6.45, 7) is 7.06. The molecule has 0 spiro atoms. The van der Waals surface area contributed by atoms with Crippen LogP contribution in [0, 0.1) is 5.92 Å². The normalized spacial score (nSPS) is 14.8. The molecule has 1 atom stereocenters. The number of carboxylic acid groups (broad SMARTS) is 1. The van der Waals surface area contributed by atoms with Crippen LogP contribution >= 0.6 is 0 Å². The average molecular weight is 215 g/mol. The minimum atomic E-state index is -1.09. The topological polar surface area (TPSA) is 57.6 Å². The highest BCUT2D eigenvalue weighted by molar-refractivity contribution is 5.85. The second kappa shape index (κ2) is 5.14. The van der Waals surface area contributed by atoms with E-state index in [9.17, 15) is 14.7 Å². The van der Waals surface area contributed by atoms with E-state index in [1.54, 1.807) is 6.92 Å². The minimum Gasteiger partial charge on any atom is -0.480 e. The Morgan fingerprint density at radius 1 is 1.40 bits per heavy atom. The molecule has 15 heavy (non-hydrogen) atoms. The predicted octanol–water partition coefficient (Wildman–Crippen LogP) is 1.74. The molecule has 0 aromatic heterocycles. The Kier molecular flexibility index (Phi) is 4.78. The molecule has 88 valence electrons. The molecule has 0 saturated carbocycles. The van der Waals surface area contributed by atoms with Gasteiger partial charge in [0.2, 0.25) is 5.91 Å². The summed E-state index contributed by atoms with van der Waals surface area (Å²) in [5, 5.41) is 9.17. The highest BCUT2D eigenvalue weighted by atomic mass is 16.4. The van der Waals surface area contributed by atoms with Gasteiger partial charge in [0, 0.05) is 14.0 Å². The molecular formula is C11H21NO3. The molecule has 0 aliphatic rings. The SMILES string of the molecule is CC(=O)N(C)C(C)(CCC(C)C)C(=O)O. The lowest BCUT2D eigenvalue weighted by molar-refractivity contribution is -0.156. The molecule has 1 amide bonds. The third-order valence-corrected chi connectivity index (χ3v) is 2.88. The zero-order valence-electron chi connectivity index (χ0n) is 10.2. The fraction of sp³-hybridized carbons (Fsp3) is 0.818. The summed E-state index contributed by atoms with van der Waals surface area (Å²) in [4.78, 5) is 23.7. The lowest BCUT2D eigenvalue weighted by Gasteiger charge is -2.35. The van der Waals surface area contributed by atoms with Crippen molar-refractivity contribution in [3.8, 4) is 0 Å². The van der Waals surface area contributed by atoms with Crippen LogP contribution in [-0.2, 0) is 9.59 Å². The molecular weight excluding hydrogens is 194 g/mol. The second-order valence-electron chi connectivity index (χ2n) is 4.59. The number of aliphatic carboxylic acids is 1. The maximum Gasteiger partial charge on any atom is 0.329 e. The van der Waals surface area contributed by atoms with Crippen molar-refractivity contribution in [2.24, 2.45) is 5.92 Å². The standard InChI is InChI=1S/C11H21NO3/c1-8(2)6-7-11(4,10(14)15)12(5)9(3)13/h8H,6-7H2,1-5H3,(H,14,15). The van der Waals surface area contributed by atoms with E-state index >= 15 is 0 Å². The molecule has 0 radical (unpaired) electrons. The van der Waals surface area contributed by atoms with E-state index in [4.69, 9.17) is 0 Å². The van der Waals surface area contributed by atoms with Crippen molar-refractivity contribution in [2.75, 3.05) is 7.05 Å². The number of carboxylic acids is 1. The van der Waals surface area contributed by atoms with E-state index in [-0.39, 0.29) is 5.91 Å². The van der Waals surface area contributed by atoms with Gasteiger partial charge in [-0.1, -0.05) is 13.8 Å². The number of hydrogen-bond donors (Lipinski definition) is 1. The third-order valence-electron chi connectivity index (χ3n) is 2.88. The second-order valence-corrected chi connectivity index (χ2v) is 4.59. The number of carbonyl (C=O) groups is 2. The van der Waals surface area contributed by atoms with Crippen molar-refractivity contribution in [3.63, 3.8) is 0 Å². The first-order valence-electron chi connectivity index (χ1n) is 5.19. The Morgan fingerprint density at radius 3 is 2.13 bits per heavy atom. The van der Waals surface area contributed by atoms with Crippen LogP contribution in [0.25, 0.3) is 0 Å². The summed E-state index contributed by atoms with van der Waals surface area (Å²) in [5.74, 6) is -0.728. The monoisotopic (exact) mass is 215 g/mol. The van der Waals surface area contributed by atoms with Crippen LogP contribution in [0.4, 0.5) is 0 Å². The molecule has 0 rings (SSSR count). The summed E-state index contributed by atoms with van der Waals surface area (Å²) >= 11 is 0. The van der Waals surface area contributed by atoms with Gasteiger partial charge in [-0.3, -0.25) is 4.79 Å². The van der Waals surface area contributed by atoms with Crippen molar-refractivity contribution in [1.29, 1.82) is 0 Å². The van der Waals surface area contributed by atoms with Crippen LogP contribution < -0.4 is 0 Å². The summed E-state index contributed by atoms with van der Waals surface area (Å²) in [5.41, 5.74) is -1.09. The third kappa shape index (κ3) is 3.53. The van der Waals surface area contributed by atoms with E-state index in [0.717, 1.165) is 6.42 Å². The molecule has 1 N–H and O–H groups in total. The average Bonchev–Trinajstić information content (AvgIpc) is 2.12. The van der Waals surface area contributed by atoms with Crippen molar-refractivity contribution >= 4 is 11.9 Å². The highest BCUT2D eigenvalue weighted by Crippen LogP contribution is 2.23. The van der Waals surface area contributed by atoms with Crippen LogP contribution in [0.5, 0.6) is 0 Å². The van der Waals surface area contributed by atoms with Crippen LogP contribution in [0.3, 0.4) is 0 Å². The Hall–Kier alpha value is -1.06. The van der Waals surface area contributed by atoms with E-state index in [0.29, 0.717) is 12.3 Å². The van der Waals surface area contributed by atoms with Gasteiger partial charge < -0.3 is 10.0 Å². The molecule has 0 aromatic carbocycles. The van der Waals surface area contributed by atoms with Crippen molar-refractivity contribution in [3.05, 3.63) is 0 Å². The number of amides is 1. The minimum absolute atomic E-state index is 0.219. The molecule has 0 bridgehead atoms. The van der Waals surface area contributed by atoms with Gasteiger partial charge in [0.1, 0.15) is 5.54 Å². The Labute approximate surface area is 91.3 Å². The van der Waals surface area contributed by atoms with Crippen LogP contribution in [0.1, 0.15) is 40.5 Å². The Balaban J connectivity index is 4.74. The maximum absolute atomic E-state index is 11.2. The van der Waals surface area contributed by atoms with Crippen LogP contribution in [-0.4, -0.2) is 34.5 Å². The van der Waals surface area contributed by atoms with Gasteiger partial charge in [0.25, 0.3) is 0 Å².